The number of thiophene rings is 1. The van der Waals surface area contributed by atoms with Crippen LogP contribution < -0.4 is 10.6 Å². The van der Waals surface area contributed by atoms with Gasteiger partial charge in [-0.05, 0) is 24.9 Å². The van der Waals surface area contributed by atoms with E-state index in [1.165, 1.54) is 4.88 Å². The van der Waals surface area contributed by atoms with E-state index >= 15 is 0 Å². The van der Waals surface area contributed by atoms with Crippen LogP contribution >= 0.6 is 11.3 Å². The highest BCUT2D eigenvalue weighted by atomic mass is 32.1. The van der Waals surface area contributed by atoms with Crippen LogP contribution in [0.25, 0.3) is 0 Å². The molecule has 0 aliphatic carbocycles. The van der Waals surface area contributed by atoms with Crippen molar-refractivity contribution in [3.8, 4) is 0 Å². The maximum absolute atomic E-state index is 11.3. The van der Waals surface area contributed by atoms with E-state index in [-0.39, 0.29) is 11.9 Å². The number of amides is 1. The zero-order valence-electron chi connectivity index (χ0n) is 8.54. The molecule has 1 rings (SSSR count). The molecular weight excluding hydrogens is 196 g/mol. The van der Waals surface area contributed by atoms with Crippen molar-refractivity contribution in [1.82, 2.24) is 10.6 Å². The number of hydrogen-bond acceptors (Lipinski definition) is 3. The monoisotopic (exact) mass is 212 g/mol. The van der Waals surface area contributed by atoms with Gasteiger partial charge in [0.1, 0.15) is 0 Å². The Bertz CT molecular complexity index is 272. The smallest absolute Gasteiger partial charge is 0.234 e. The molecule has 0 aliphatic heterocycles. The second-order valence-electron chi connectivity index (χ2n) is 3.07. The SMILES string of the molecule is CCC(NC(=O)CNC)c1cccs1. The van der Waals surface area contributed by atoms with Gasteiger partial charge in [0.15, 0.2) is 0 Å². The second-order valence-corrected chi connectivity index (χ2v) is 4.05. The minimum Gasteiger partial charge on any atom is -0.347 e. The van der Waals surface area contributed by atoms with Gasteiger partial charge in [0.25, 0.3) is 0 Å². The van der Waals surface area contributed by atoms with Crippen LogP contribution in [0, 0.1) is 0 Å². The van der Waals surface area contributed by atoms with E-state index in [1.807, 2.05) is 11.4 Å². The topological polar surface area (TPSA) is 41.1 Å². The lowest BCUT2D eigenvalue weighted by molar-refractivity contribution is -0.120. The molecule has 0 aliphatic rings. The van der Waals surface area contributed by atoms with Crippen molar-refractivity contribution in [2.45, 2.75) is 19.4 Å². The number of likely N-dealkylation sites (N-methyl/N-ethyl adjacent to an activating group) is 1. The Kier molecular flexibility index (Phi) is 4.62. The summed E-state index contributed by atoms with van der Waals surface area (Å²) in [6.45, 7) is 2.45. The third kappa shape index (κ3) is 3.12. The van der Waals surface area contributed by atoms with Crippen molar-refractivity contribution in [1.29, 1.82) is 0 Å². The summed E-state index contributed by atoms with van der Waals surface area (Å²) in [5.41, 5.74) is 0. The molecule has 1 atom stereocenters. The van der Waals surface area contributed by atoms with Crippen LogP contribution in [0.4, 0.5) is 0 Å². The van der Waals surface area contributed by atoms with Crippen LogP contribution in [-0.4, -0.2) is 19.5 Å². The first kappa shape index (κ1) is 11.2. The minimum absolute atomic E-state index is 0.0488. The fourth-order valence-corrected chi connectivity index (χ4v) is 2.13. The maximum Gasteiger partial charge on any atom is 0.234 e. The molecule has 2 N–H and O–H groups in total. The van der Waals surface area contributed by atoms with Gasteiger partial charge in [0.2, 0.25) is 5.91 Å². The van der Waals surface area contributed by atoms with Gasteiger partial charge in [0.05, 0.1) is 12.6 Å². The number of rotatable bonds is 5. The number of hydrogen-bond donors (Lipinski definition) is 2. The van der Waals surface area contributed by atoms with Crippen molar-refractivity contribution in [2.24, 2.45) is 0 Å². The first-order chi connectivity index (χ1) is 6.77. The van der Waals surface area contributed by atoms with Crippen molar-refractivity contribution in [3.63, 3.8) is 0 Å². The third-order valence-electron chi connectivity index (χ3n) is 1.97. The average molecular weight is 212 g/mol. The molecule has 0 spiro atoms. The van der Waals surface area contributed by atoms with Gasteiger partial charge in [-0.2, -0.15) is 0 Å². The van der Waals surface area contributed by atoms with E-state index < -0.39 is 0 Å². The van der Waals surface area contributed by atoms with Gasteiger partial charge in [0, 0.05) is 4.88 Å². The maximum atomic E-state index is 11.3. The molecular formula is C10H16N2OS. The standard InChI is InChI=1S/C10H16N2OS/c1-3-8(9-5-4-6-14-9)12-10(13)7-11-2/h4-6,8,11H,3,7H2,1-2H3,(H,12,13). The zero-order chi connectivity index (χ0) is 10.4. The summed E-state index contributed by atoms with van der Waals surface area (Å²) >= 11 is 1.68. The Balaban J connectivity index is 2.51. The molecule has 1 aromatic heterocycles. The zero-order valence-corrected chi connectivity index (χ0v) is 9.36. The van der Waals surface area contributed by atoms with Crippen LogP contribution in [0.1, 0.15) is 24.3 Å². The molecule has 4 heteroatoms. The van der Waals surface area contributed by atoms with Crippen molar-refractivity contribution >= 4 is 17.2 Å². The molecule has 0 fully saturated rings. The highest BCUT2D eigenvalue weighted by Crippen LogP contribution is 2.21. The van der Waals surface area contributed by atoms with Crippen LogP contribution in [-0.2, 0) is 4.79 Å². The van der Waals surface area contributed by atoms with Crippen molar-refractivity contribution in [3.05, 3.63) is 22.4 Å². The lowest BCUT2D eigenvalue weighted by Gasteiger charge is -2.15. The fraction of sp³-hybridized carbons (Fsp3) is 0.500. The Morgan fingerprint density at radius 1 is 1.64 bits per heavy atom. The van der Waals surface area contributed by atoms with E-state index in [2.05, 4.69) is 23.6 Å². The van der Waals surface area contributed by atoms with Gasteiger partial charge in [-0.3, -0.25) is 4.79 Å². The highest BCUT2D eigenvalue weighted by Gasteiger charge is 2.12. The van der Waals surface area contributed by atoms with Gasteiger partial charge >= 0.3 is 0 Å². The number of carbonyl (C=O) groups excluding carboxylic acids is 1. The summed E-state index contributed by atoms with van der Waals surface area (Å²) in [4.78, 5) is 12.6. The molecule has 0 saturated carbocycles. The van der Waals surface area contributed by atoms with Crippen LogP contribution in [0.3, 0.4) is 0 Å². The lowest BCUT2D eigenvalue weighted by Crippen LogP contribution is -2.34. The number of carbonyl (C=O) groups is 1. The van der Waals surface area contributed by atoms with Crippen LogP contribution in [0.5, 0.6) is 0 Å². The largest absolute Gasteiger partial charge is 0.347 e. The molecule has 1 amide bonds. The fourth-order valence-electron chi connectivity index (χ4n) is 1.27. The van der Waals surface area contributed by atoms with E-state index in [4.69, 9.17) is 0 Å². The second kappa shape index (κ2) is 5.78. The van der Waals surface area contributed by atoms with Gasteiger partial charge in [-0.15, -0.1) is 11.3 Å². The molecule has 3 nitrogen and oxygen atoms in total. The van der Waals surface area contributed by atoms with E-state index in [0.717, 1.165) is 6.42 Å². The van der Waals surface area contributed by atoms with Gasteiger partial charge in [-0.1, -0.05) is 13.0 Å². The molecule has 1 heterocycles. The lowest BCUT2D eigenvalue weighted by atomic mass is 10.2. The van der Waals surface area contributed by atoms with Crippen LogP contribution in [0.2, 0.25) is 0 Å². The Morgan fingerprint density at radius 3 is 2.93 bits per heavy atom. The third-order valence-corrected chi connectivity index (χ3v) is 2.95. The minimum atomic E-state index is 0.0488. The normalized spacial score (nSPS) is 12.4. The molecule has 1 unspecified atom stereocenters. The summed E-state index contributed by atoms with van der Waals surface area (Å²) in [6, 6.07) is 4.22. The van der Waals surface area contributed by atoms with E-state index in [9.17, 15) is 4.79 Å². The molecule has 0 bridgehead atoms. The predicted molar refractivity (Wildman–Crippen MR) is 59.4 cm³/mol. The Morgan fingerprint density at radius 2 is 2.43 bits per heavy atom. The first-order valence-electron chi connectivity index (χ1n) is 4.75. The molecule has 0 saturated heterocycles. The average Bonchev–Trinajstić information content (AvgIpc) is 2.67. The van der Waals surface area contributed by atoms with E-state index in [0.29, 0.717) is 6.54 Å². The van der Waals surface area contributed by atoms with Crippen molar-refractivity contribution < 1.29 is 4.79 Å². The van der Waals surface area contributed by atoms with Crippen LogP contribution in [0.15, 0.2) is 17.5 Å². The summed E-state index contributed by atoms with van der Waals surface area (Å²) in [6.07, 6.45) is 0.927. The highest BCUT2D eigenvalue weighted by molar-refractivity contribution is 7.10. The summed E-state index contributed by atoms with van der Waals surface area (Å²) in [5.74, 6) is 0.0488. The van der Waals surface area contributed by atoms with Gasteiger partial charge < -0.3 is 10.6 Å². The van der Waals surface area contributed by atoms with Gasteiger partial charge in [-0.25, -0.2) is 0 Å². The molecule has 78 valence electrons. The van der Waals surface area contributed by atoms with Crippen molar-refractivity contribution in [2.75, 3.05) is 13.6 Å². The number of nitrogens with one attached hydrogen (secondary N) is 2. The molecule has 0 aromatic carbocycles. The summed E-state index contributed by atoms with van der Waals surface area (Å²) in [5, 5.41) is 7.84. The molecule has 14 heavy (non-hydrogen) atoms. The van der Waals surface area contributed by atoms with E-state index in [1.54, 1.807) is 18.4 Å². The Hall–Kier alpha value is -0.870. The quantitative estimate of drug-likeness (QED) is 0.777. The first-order valence-corrected chi connectivity index (χ1v) is 5.63. The summed E-state index contributed by atoms with van der Waals surface area (Å²) < 4.78 is 0. The molecule has 0 radical (unpaired) electrons. The Labute approximate surface area is 88.5 Å². The summed E-state index contributed by atoms with van der Waals surface area (Å²) in [7, 11) is 1.77. The molecule has 1 aromatic rings. The predicted octanol–water partition coefficient (Wildman–Crippen LogP) is 1.53.